The third kappa shape index (κ3) is 9.16. The van der Waals surface area contributed by atoms with Crippen LogP contribution in [0.4, 0.5) is 0 Å². The first-order chi connectivity index (χ1) is 7.37. The summed E-state index contributed by atoms with van der Waals surface area (Å²) in [6.45, 7) is 10.7. The van der Waals surface area contributed by atoms with Gasteiger partial charge in [0.05, 0.1) is 4.95 Å². The van der Waals surface area contributed by atoms with Gasteiger partial charge in [-0.05, 0) is 53.6 Å². The van der Waals surface area contributed by atoms with E-state index in [4.69, 9.17) is 0 Å². The van der Waals surface area contributed by atoms with Gasteiger partial charge in [-0.15, -0.1) is 0 Å². The van der Waals surface area contributed by atoms with Gasteiger partial charge in [-0.2, -0.15) is 0 Å². The van der Waals surface area contributed by atoms with E-state index in [1.165, 1.54) is 32.4 Å². The highest BCUT2D eigenvalue weighted by Crippen LogP contribution is 2.14. The van der Waals surface area contributed by atoms with E-state index in [1.807, 2.05) is 20.8 Å². The van der Waals surface area contributed by atoms with E-state index in [0.717, 1.165) is 0 Å². The van der Waals surface area contributed by atoms with Crippen molar-refractivity contribution in [1.29, 1.82) is 0 Å². The summed E-state index contributed by atoms with van der Waals surface area (Å²) in [5.41, 5.74) is -0.318. The van der Waals surface area contributed by atoms with Gasteiger partial charge in [-0.25, -0.2) is 0 Å². The van der Waals surface area contributed by atoms with E-state index in [2.05, 4.69) is 32.5 Å². The number of halogens is 1. The Hall–Kier alpha value is -0.0900. The number of ether oxygens (including phenoxy) is 1. The van der Waals surface area contributed by atoms with Crippen LogP contribution in [0.1, 0.15) is 47.0 Å². The molecule has 0 N–H and O–H groups in total. The van der Waals surface area contributed by atoms with Crippen molar-refractivity contribution < 1.29 is 9.53 Å². The first-order valence-corrected chi connectivity index (χ1v) is 6.78. The number of hydrogen-bond donors (Lipinski definition) is 0. The maximum absolute atomic E-state index is 9.60. The molecule has 1 fully saturated rings. The van der Waals surface area contributed by atoms with Gasteiger partial charge >= 0.3 is 0 Å². The molecule has 1 heterocycles. The second kappa shape index (κ2) is 8.07. The normalized spacial score (nSPS) is 19.3. The lowest BCUT2D eigenvalue weighted by Gasteiger charge is -2.28. The predicted octanol–water partition coefficient (Wildman–Crippen LogP) is 3.17. The summed E-state index contributed by atoms with van der Waals surface area (Å²) >= 11 is 3.56. The van der Waals surface area contributed by atoms with Gasteiger partial charge in [0.15, 0.2) is 0 Å². The molecule has 1 saturated heterocycles. The van der Waals surface area contributed by atoms with E-state index in [9.17, 15) is 4.79 Å². The SMILES string of the molecule is CC(Br)N1CCCCC1.CC(C)(C)OC=O. The molecule has 0 radical (unpaired) electrons. The first kappa shape index (κ1) is 15.9. The van der Waals surface area contributed by atoms with E-state index in [1.54, 1.807) is 0 Å². The molecule has 1 rings (SSSR count). The molecule has 0 aromatic carbocycles. The molecular formula is C12H24BrNO2. The van der Waals surface area contributed by atoms with Crippen LogP contribution in [0.15, 0.2) is 0 Å². The molecule has 16 heavy (non-hydrogen) atoms. The molecular weight excluding hydrogens is 270 g/mol. The highest BCUT2D eigenvalue weighted by atomic mass is 79.9. The number of rotatable bonds is 2. The van der Waals surface area contributed by atoms with Gasteiger partial charge < -0.3 is 4.74 Å². The standard InChI is InChI=1S/C7H14BrN.C5H10O2/c1-7(8)9-5-3-2-4-6-9;1-5(2,3)7-4-6/h7H,2-6H2,1H3;4H,1-3H3. The van der Waals surface area contributed by atoms with Gasteiger partial charge in [-0.1, -0.05) is 22.4 Å². The minimum atomic E-state index is -0.318. The largest absolute Gasteiger partial charge is 0.462 e. The quantitative estimate of drug-likeness (QED) is 0.445. The molecule has 4 heteroatoms. The smallest absolute Gasteiger partial charge is 0.293 e. The summed E-state index contributed by atoms with van der Waals surface area (Å²) in [7, 11) is 0. The predicted molar refractivity (Wildman–Crippen MR) is 70.7 cm³/mol. The van der Waals surface area contributed by atoms with Crippen LogP contribution < -0.4 is 0 Å². The first-order valence-electron chi connectivity index (χ1n) is 5.86. The van der Waals surface area contributed by atoms with Crippen LogP contribution in [0.5, 0.6) is 0 Å². The minimum Gasteiger partial charge on any atom is -0.462 e. The molecule has 0 spiro atoms. The molecule has 1 unspecified atom stereocenters. The van der Waals surface area contributed by atoms with Crippen LogP contribution in [0.2, 0.25) is 0 Å². The lowest BCUT2D eigenvalue weighted by molar-refractivity contribution is -0.138. The number of hydrogen-bond acceptors (Lipinski definition) is 3. The van der Waals surface area contributed by atoms with Crippen molar-refractivity contribution >= 4 is 22.4 Å². The van der Waals surface area contributed by atoms with Crippen molar-refractivity contribution in [2.75, 3.05) is 13.1 Å². The maximum Gasteiger partial charge on any atom is 0.293 e. The van der Waals surface area contributed by atoms with Crippen LogP contribution in [-0.4, -0.2) is 35.0 Å². The summed E-state index contributed by atoms with van der Waals surface area (Å²) in [5.74, 6) is 0. The Morgan fingerprint density at radius 3 is 1.94 bits per heavy atom. The fourth-order valence-electron chi connectivity index (χ4n) is 1.42. The molecule has 0 amide bonds. The summed E-state index contributed by atoms with van der Waals surface area (Å²) in [4.78, 5) is 12.7. The van der Waals surface area contributed by atoms with Crippen molar-refractivity contribution in [3.05, 3.63) is 0 Å². The molecule has 3 nitrogen and oxygen atoms in total. The summed E-state index contributed by atoms with van der Waals surface area (Å²) in [6.07, 6.45) is 4.20. The van der Waals surface area contributed by atoms with Crippen LogP contribution >= 0.6 is 15.9 Å². The highest BCUT2D eigenvalue weighted by Gasteiger charge is 2.12. The minimum absolute atomic E-state index is 0.318. The van der Waals surface area contributed by atoms with E-state index < -0.39 is 0 Å². The Balaban J connectivity index is 0.000000293. The van der Waals surface area contributed by atoms with Crippen LogP contribution in [0.3, 0.4) is 0 Å². The van der Waals surface area contributed by atoms with Crippen LogP contribution in [0, 0.1) is 0 Å². The number of carbonyl (C=O) groups excluding carboxylic acids is 1. The van der Waals surface area contributed by atoms with Gasteiger partial charge in [0.2, 0.25) is 0 Å². The van der Waals surface area contributed by atoms with Crippen molar-refractivity contribution in [3.8, 4) is 0 Å². The Labute approximate surface area is 108 Å². The maximum atomic E-state index is 9.60. The van der Waals surface area contributed by atoms with Gasteiger partial charge in [0.1, 0.15) is 5.60 Å². The van der Waals surface area contributed by atoms with Crippen LogP contribution in [-0.2, 0) is 9.53 Å². The molecule has 96 valence electrons. The second-order valence-corrected chi connectivity index (χ2v) is 6.32. The van der Waals surface area contributed by atoms with Gasteiger partial charge in [0, 0.05) is 0 Å². The lowest BCUT2D eigenvalue weighted by Crippen LogP contribution is -2.33. The third-order valence-electron chi connectivity index (χ3n) is 2.30. The number of piperidine rings is 1. The number of alkyl halides is 1. The Kier molecular flexibility index (Phi) is 8.02. The average molecular weight is 294 g/mol. The second-order valence-electron chi connectivity index (χ2n) is 5.00. The summed E-state index contributed by atoms with van der Waals surface area (Å²) in [5, 5.41) is 0. The zero-order valence-electron chi connectivity index (χ0n) is 10.8. The molecule has 0 aromatic heterocycles. The van der Waals surface area contributed by atoms with E-state index >= 15 is 0 Å². The van der Waals surface area contributed by atoms with Gasteiger partial charge in [-0.3, -0.25) is 9.69 Å². The average Bonchev–Trinajstić information content (AvgIpc) is 2.18. The van der Waals surface area contributed by atoms with Crippen molar-refractivity contribution in [1.82, 2.24) is 4.90 Å². The topological polar surface area (TPSA) is 29.5 Å². The van der Waals surface area contributed by atoms with Crippen molar-refractivity contribution in [2.24, 2.45) is 0 Å². The van der Waals surface area contributed by atoms with E-state index in [0.29, 0.717) is 11.4 Å². The van der Waals surface area contributed by atoms with E-state index in [-0.39, 0.29) is 5.60 Å². The van der Waals surface area contributed by atoms with Gasteiger partial charge in [0.25, 0.3) is 6.47 Å². The number of nitrogens with zero attached hydrogens (tertiary/aromatic N) is 1. The Morgan fingerprint density at radius 1 is 1.25 bits per heavy atom. The summed E-state index contributed by atoms with van der Waals surface area (Å²) < 4.78 is 4.55. The van der Waals surface area contributed by atoms with Crippen molar-refractivity contribution in [2.45, 2.75) is 57.5 Å². The molecule has 0 saturated carbocycles. The zero-order chi connectivity index (χ0) is 12.6. The molecule has 0 aliphatic carbocycles. The molecule has 1 atom stereocenters. The Bertz CT molecular complexity index is 184. The van der Waals surface area contributed by atoms with Crippen LogP contribution in [0.25, 0.3) is 0 Å². The fourth-order valence-corrected chi connectivity index (χ4v) is 1.83. The molecule has 0 bridgehead atoms. The Morgan fingerprint density at radius 2 is 1.75 bits per heavy atom. The monoisotopic (exact) mass is 293 g/mol. The fraction of sp³-hybridized carbons (Fsp3) is 0.917. The third-order valence-corrected chi connectivity index (χ3v) is 2.87. The number of likely N-dealkylation sites (tertiary alicyclic amines) is 1. The number of carbonyl (C=O) groups is 1. The van der Waals surface area contributed by atoms with Crippen molar-refractivity contribution in [3.63, 3.8) is 0 Å². The zero-order valence-corrected chi connectivity index (χ0v) is 12.4. The molecule has 0 aromatic rings. The lowest BCUT2D eigenvalue weighted by atomic mass is 10.1. The molecule has 1 aliphatic rings. The summed E-state index contributed by atoms with van der Waals surface area (Å²) in [6, 6.07) is 0. The highest BCUT2D eigenvalue weighted by molar-refractivity contribution is 9.09. The molecule has 1 aliphatic heterocycles.